The fourth-order valence-corrected chi connectivity index (χ4v) is 3.48. The summed E-state index contributed by atoms with van der Waals surface area (Å²) in [6, 6.07) is 0.749. The van der Waals surface area contributed by atoms with Gasteiger partial charge >= 0.3 is 0 Å². The predicted octanol–water partition coefficient (Wildman–Crippen LogP) is 2.52. The van der Waals surface area contributed by atoms with Crippen LogP contribution in [0, 0.1) is 11.8 Å². The zero-order valence-corrected chi connectivity index (χ0v) is 14.9. The molecule has 3 heteroatoms. The van der Waals surface area contributed by atoms with E-state index < -0.39 is 0 Å². The third-order valence-electron chi connectivity index (χ3n) is 4.93. The molecular weight excluding hydrogens is 258 g/mol. The Morgan fingerprint density at radius 3 is 2.33 bits per heavy atom. The summed E-state index contributed by atoms with van der Waals surface area (Å²) in [4.78, 5) is 2.74. The Bertz CT molecular complexity index is 237. The molecule has 1 aliphatic heterocycles. The molecule has 1 rings (SSSR count). The number of nitrogens with zero attached hydrogens (tertiary/aromatic N) is 1. The van der Waals surface area contributed by atoms with Crippen molar-refractivity contribution in [2.45, 2.75) is 71.8 Å². The van der Waals surface area contributed by atoms with Gasteiger partial charge in [-0.3, -0.25) is 0 Å². The lowest BCUT2D eigenvalue weighted by molar-refractivity contribution is -0.368. The number of unbranched alkanes of at least 4 members (excludes halogenated alkanes) is 1. The number of nitrogens with one attached hydrogen (secondary N) is 1. The highest BCUT2D eigenvalue weighted by Crippen LogP contribution is 2.21. The maximum Gasteiger partial charge on any atom is 0.0752 e. The highest BCUT2D eigenvalue weighted by Gasteiger charge is 2.20. The molecule has 1 aliphatic rings. The van der Waals surface area contributed by atoms with Crippen LogP contribution >= 0.6 is 0 Å². The summed E-state index contributed by atoms with van der Waals surface area (Å²) in [5.74, 6) is 1.80. The Balaban J connectivity index is 2.31. The van der Waals surface area contributed by atoms with Crippen molar-refractivity contribution in [1.82, 2.24) is 10.2 Å². The molecule has 0 aromatic carbocycles. The van der Waals surface area contributed by atoms with Gasteiger partial charge in [0.2, 0.25) is 0 Å². The van der Waals surface area contributed by atoms with Crippen molar-refractivity contribution in [1.29, 1.82) is 0 Å². The van der Waals surface area contributed by atoms with Crippen LogP contribution in [0.25, 0.3) is 0 Å². The Morgan fingerprint density at radius 2 is 1.71 bits per heavy atom. The van der Waals surface area contributed by atoms with Gasteiger partial charge in [0.05, 0.1) is 6.54 Å². The van der Waals surface area contributed by atoms with Crippen LogP contribution in [0.5, 0.6) is 0 Å². The average Bonchev–Trinajstić information content (AvgIpc) is 2.47. The Morgan fingerprint density at radius 1 is 1.05 bits per heavy atom. The zero-order chi connectivity index (χ0) is 15.5. The fraction of sp³-hybridized carbons (Fsp3) is 1.00. The molecule has 0 aliphatic carbocycles. The molecule has 126 valence electrons. The lowest BCUT2D eigenvalue weighted by atomic mass is 9.91. The van der Waals surface area contributed by atoms with E-state index in [1.54, 1.807) is 0 Å². The highest BCUT2D eigenvalue weighted by atomic mass is 15.1. The molecule has 0 saturated carbocycles. The van der Waals surface area contributed by atoms with E-state index in [0.717, 1.165) is 24.4 Å². The molecule has 1 saturated heterocycles. The van der Waals surface area contributed by atoms with E-state index in [1.165, 1.54) is 71.1 Å². The van der Waals surface area contributed by atoms with Gasteiger partial charge < -0.3 is 16.0 Å². The fourth-order valence-electron chi connectivity index (χ4n) is 3.48. The predicted molar refractivity (Wildman–Crippen MR) is 92.3 cm³/mol. The van der Waals surface area contributed by atoms with Gasteiger partial charge in [0.25, 0.3) is 0 Å². The van der Waals surface area contributed by atoms with Crippen molar-refractivity contribution < 1.29 is 5.73 Å². The maximum atomic E-state index is 4.02. The second-order valence-electron chi connectivity index (χ2n) is 7.41. The summed E-state index contributed by atoms with van der Waals surface area (Å²) in [7, 11) is 0. The van der Waals surface area contributed by atoms with Gasteiger partial charge in [-0.2, -0.15) is 0 Å². The van der Waals surface area contributed by atoms with Gasteiger partial charge in [-0.15, -0.1) is 0 Å². The molecule has 1 unspecified atom stereocenters. The lowest BCUT2D eigenvalue weighted by Crippen LogP contribution is -2.51. The van der Waals surface area contributed by atoms with Crippen LogP contribution in [0.2, 0.25) is 0 Å². The summed E-state index contributed by atoms with van der Waals surface area (Å²) in [6.07, 6.45) is 9.53. The Labute approximate surface area is 133 Å². The first-order chi connectivity index (χ1) is 10.1. The van der Waals surface area contributed by atoms with E-state index in [0.29, 0.717) is 0 Å². The second kappa shape index (κ2) is 11.4. The third kappa shape index (κ3) is 8.80. The monoisotopic (exact) mass is 298 g/mol. The number of quaternary nitrogens is 1. The summed E-state index contributed by atoms with van der Waals surface area (Å²) < 4.78 is 0. The molecule has 1 heterocycles. The minimum Gasteiger partial charge on any atom is -0.358 e. The Hall–Kier alpha value is -0.120. The van der Waals surface area contributed by atoms with Gasteiger partial charge in [0, 0.05) is 19.0 Å². The van der Waals surface area contributed by atoms with Crippen molar-refractivity contribution in [3.05, 3.63) is 0 Å². The molecule has 0 amide bonds. The van der Waals surface area contributed by atoms with Crippen molar-refractivity contribution in [2.24, 2.45) is 11.8 Å². The first-order valence-corrected chi connectivity index (χ1v) is 9.37. The zero-order valence-electron chi connectivity index (χ0n) is 14.9. The van der Waals surface area contributed by atoms with Crippen LogP contribution < -0.4 is 11.1 Å². The molecule has 0 aromatic heterocycles. The van der Waals surface area contributed by atoms with E-state index in [-0.39, 0.29) is 0 Å². The van der Waals surface area contributed by atoms with Gasteiger partial charge in [-0.25, -0.2) is 0 Å². The number of hydrogen-bond donors (Lipinski definition) is 2. The molecule has 4 N–H and O–H groups in total. The molecule has 0 radical (unpaired) electrons. The normalized spacial score (nSPS) is 18.6. The van der Waals surface area contributed by atoms with Gasteiger partial charge in [0.1, 0.15) is 0 Å². The van der Waals surface area contributed by atoms with E-state index in [2.05, 4.69) is 36.7 Å². The maximum absolute atomic E-state index is 4.02. The van der Waals surface area contributed by atoms with Crippen molar-refractivity contribution in [3.8, 4) is 0 Å². The smallest absolute Gasteiger partial charge is 0.0752 e. The SMILES string of the molecule is CC(C)CCCCN(CCC[NH3+])C(C)CC1CCNCC1. The summed E-state index contributed by atoms with van der Waals surface area (Å²) in [5.41, 5.74) is 4.02. The topological polar surface area (TPSA) is 42.9 Å². The number of hydrogen-bond acceptors (Lipinski definition) is 2. The standard InChI is InChI=1S/C18H39N3/c1-16(2)7-4-5-13-21(14-6-10-19)17(3)15-18-8-11-20-12-9-18/h16-18,20H,4-15,19H2,1-3H3/p+1. The van der Waals surface area contributed by atoms with Gasteiger partial charge in [-0.05, 0) is 64.1 Å². The van der Waals surface area contributed by atoms with Crippen LogP contribution in [0.15, 0.2) is 0 Å². The molecule has 3 nitrogen and oxygen atoms in total. The van der Waals surface area contributed by atoms with Crippen molar-refractivity contribution in [2.75, 3.05) is 32.7 Å². The number of piperidine rings is 1. The van der Waals surface area contributed by atoms with Crippen LogP contribution in [-0.2, 0) is 0 Å². The van der Waals surface area contributed by atoms with Crippen molar-refractivity contribution >= 4 is 0 Å². The van der Waals surface area contributed by atoms with Gasteiger partial charge in [-0.1, -0.05) is 26.7 Å². The van der Waals surface area contributed by atoms with E-state index in [1.807, 2.05) is 0 Å². The van der Waals surface area contributed by atoms with Gasteiger partial charge in [0.15, 0.2) is 0 Å². The van der Waals surface area contributed by atoms with Crippen LogP contribution in [0.3, 0.4) is 0 Å². The average molecular weight is 299 g/mol. The lowest BCUT2D eigenvalue weighted by Gasteiger charge is -2.33. The molecule has 0 aromatic rings. The molecule has 0 spiro atoms. The van der Waals surface area contributed by atoms with E-state index in [9.17, 15) is 0 Å². The number of rotatable bonds is 11. The van der Waals surface area contributed by atoms with Crippen molar-refractivity contribution in [3.63, 3.8) is 0 Å². The minimum atomic E-state index is 0.749. The quantitative estimate of drug-likeness (QED) is 0.576. The first kappa shape index (κ1) is 18.9. The second-order valence-corrected chi connectivity index (χ2v) is 7.41. The molecule has 0 bridgehead atoms. The molecule has 1 atom stereocenters. The molecule has 21 heavy (non-hydrogen) atoms. The first-order valence-electron chi connectivity index (χ1n) is 9.37. The third-order valence-corrected chi connectivity index (χ3v) is 4.93. The highest BCUT2D eigenvalue weighted by molar-refractivity contribution is 4.76. The molecule has 1 fully saturated rings. The van der Waals surface area contributed by atoms with E-state index in [4.69, 9.17) is 0 Å². The summed E-state index contributed by atoms with van der Waals surface area (Å²) in [6.45, 7) is 13.2. The van der Waals surface area contributed by atoms with Crippen LogP contribution in [-0.4, -0.2) is 43.7 Å². The van der Waals surface area contributed by atoms with E-state index >= 15 is 0 Å². The Kier molecular flexibility index (Phi) is 10.3. The van der Waals surface area contributed by atoms with Crippen LogP contribution in [0.1, 0.15) is 65.7 Å². The summed E-state index contributed by atoms with van der Waals surface area (Å²) >= 11 is 0. The van der Waals surface area contributed by atoms with Crippen LogP contribution in [0.4, 0.5) is 0 Å². The minimum absolute atomic E-state index is 0.749. The largest absolute Gasteiger partial charge is 0.358 e. The molecular formula is C18H40N3+. The summed E-state index contributed by atoms with van der Waals surface area (Å²) in [5, 5.41) is 3.48.